The third-order valence-electron chi connectivity index (χ3n) is 3.20. The molecule has 1 aliphatic rings. The van der Waals surface area contributed by atoms with Crippen LogP contribution in [0.15, 0.2) is 18.2 Å². The lowest BCUT2D eigenvalue weighted by atomic mass is 9.89. The van der Waals surface area contributed by atoms with Crippen molar-refractivity contribution in [2.75, 3.05) is 0 Å². The van der Waals surface area contributed by atoms with Crippen molar-refractivity contribution < 1.29 is 18.7 Å². The van der Waals surface area contributed by atoms with Crippen LogP contribution in [0.1, 0.15) is 30.7 Å². The maximum absolute atomic E-state index is 13.0. The van der Waals surface area contributed by atoms with E-state index in [0.29, 0.717) is 12.0 Å². The summed E-state index contributed by atoms with van der Waals surface area (Å²) in [5.41, 5.74) is 0.587. The second-order valence-corrected chi connectivity index (χ2v) is 4.16. The van der Waals surface area contributed by atoms with E-state index in [2.05, 4.69) is 0 Å². The summed E-state index contributed by atoms with van der Waals surface area (Å²) in [5, 5.41) is 9.00. The van der Waals surface area contributed by atoms with Gasteiger partial charge in [0.25, 0.3) is 0 Å². The molecule has 0 amide bonds. The molecule has 1 N–H and O–H groups in total. The summed E-state index contributed by atoms with van der Waals surface area (Å²) >= 11 is 0. The highest BCUT2D eigenvalue weighted by molar-refractivity contribution is 5.71. The molecule has 1 aliphatic carbocycles. The molecule has 1 aromatic carbocycles. The molecule has 0 aromatic heterocycles. The van der Waals surface area contributed by atoms with E-state index < -0.39 is 23.5 Å². The molecule has 1 aromatic rings. The normalized spacial score (nSPS) is 24.6. The summed E-state index contributed by atoms with van der Waals surface area (Å²) in [6, 6.07) is 3.65. The van der Waals surface area contributed by atoms with Crippen LogP contribution in [0.2, 0.25) is 0 Å². The van der Waals surface area contributed by atoms with Gasteiger partial charge >= 0.3 is 5.97 Å². The Bertz CT molecular complexity index is 417. The molecule has 0 saturated heterocycles. The van der Waals surface area contributed by atoms with E-state index in [1.54, 1.807) is 0 Å². The van der Waals surface area contributed by atoms with Crippen molar-refractivity contribution >= 4 is 5.97 Å². The molecule has 2 atom stereocenters. The number of carboxylic acid groups (broad SMARTS) is 1. The molecule has 0 aliphatic heterocycles. The molecule has 86 valence electrons. The van der Waals surface area contributed by atoms with Crippen LogP contribution in [-0.4, -0.2) is 11.1 Å². The molecule has 0 heterocycles. The Labute approximate surface area is 91.9 Å². The molecular weight excluding hydrogens is 214 g/mol. The summed E-state index contributed by atoms with van der Waals surface area (Å²) in [7, 11) is 0. The molecule has 0 unspecified atom stereocenters. The number of carboxylic acids is 1. The Hall–Kier alpha value is -1.45. The van der Waals surface area contributed by atoms with Gasteiger partial charge in [-0.15, -0.1) is 0 Å². The lowest BCUT2D eigenvalue weighted by Crippen LogP contribution is -2.16. The first-order valence-corrected chi connectivity index (χ1v) is 5.27. The van der Waals surface area contributed by atoms with Crippen molar-refractivity contribution in [3.8, 4) is 0 Å². The zero-order valence-corrected chi connectivity index (χ0v) is 8.62. The van der Waals surface area contributed by atoms with Gasteiger partial charge in [0.1, 0.15) is 0 Å². The van der Waals surface area contributed by atoms with E-state index in [-0.39, 0.29) is 5.92 Å². The standard InChI is InChI=1S/C12H12F2O2/c13-10-5-4-7(6-11(10)14)8-2-1-3-9(8)12(15)16/h4-6,8-9H,1-3H2,(H,15,16)/t8-,9+/m0/s1. The fourth-order valence-electron chi connectivity index (χ4n) is 2.40. The predicted octanol–water partition coefficient (Wildman–Crippen LogP) is 2.93. The van der Waals surface area contributed by atoms with E-state index in [1.807, 2.05) is 0 Å². The quantitative estimate of drug-likeness (QED) is 0.841. The van der Waals surface area contributed by atoms with E-state index in [9.17, 15) is 13.6 Å². The molecular formula is C12H12F2O2. The maximum atomic E-state index is 13.0. The van der Waals surface area contributed by atoms with E-state index in [4.69, 9.17) is 5.11 Å². The van der Waals surface area contributed by atoms with Crippen LogP contribution in [0.4, 0.5) is 8.78 Å². The largest absolute Gasteiger partial charge is 0.481 e. The average molecular weight is 226 g/mol. The van der Waals surface area contributed by atoms with Crippen molar-refractivity contribution in [1.82, 2.24) is 0 Å². The summed E-state index contributed by atoms with van der Waals surface area (Å²) in [6.07, 6.45) is 2.15. The smallest absolute Gasteiger partial charge is 0.307 e. The van der Waals surface area contributed by atoms with Gasteiger partial charge in [-0.3, -0.25) is 4.79 Å². The fourth-order valence-corrected chi connectivity index (χ4v) is 2.40. The molecule has 2 rings (SSSR count). The molecule has 1 saturated carbocycles. The number of halogens is 2. The third-order valence-corrected chi connectivity index (χ3v) is 3.20. The Morgan fingerprint density at radius 2 is 2.00 bits per heavy atom. The van der Waals surface area contributed by atoms with Crippen molar-refractivity contribution in [1.29, 1.82) is 0 Å². The van der Waals surface area contributed by atoms with Crippen LogP contribution < -0.4 is 0 Å². The van der Waals surface area contributed by atoms with Crippen LogP contribution >= 0.6 is 0 Å². The van der Waals surface area contributed by atoms with Crippen LogP contribution in [-0.2, 0) is 4.79 Å². The van der Waals surface area contributed by atoms with Gasteiger partial charge in [0, 0.05) is 0 Å². The van der Waals surface area contributed by atoms with Crippen molar-refractivity contribution in [3.63, 3.8) is 0 Å². The van der Waals surface area contributed by atoms with Gasteiger partial charge in [-0.1, -0.05) is 12.5 Å². The third kappa shape index (κ3) is 1.92. The number of hydrogen-bond acceptors (Lipinski definition) is 1. The van der Waals surface area contributed by atoms with Gasteiger partial charge in [0.15, 0.2) is 11.6 Å². The zero-order valence-electron chi connectivity index (χ0n) is 8.62. The SMILES string of the molecule is O=C(O)[C@@H]1CCC[C@H]1c1ccc(F)c(F)c1. The van der Waals surface area contributed by atoms with Gasteiger partial charge in [-0.2, -0.15) is 0 Å². The minimum absolute atomic E-state index is 0.187. The van der Waals surface area contributed by atoms with Crippen LogP contribution in [0.3, 0.4) is 0 Å². The Morgan fingerprint density at radius 3 is 2.62 bits per heavy atom. The molecule has 4 heteroatoms. The molecule has 0 spiro atoms. The van der Waals surface area contributed by atoms with Crippen LogP contribution in [0.25, 0.3) is 0 Å². The number of benzene rings is 1. The van der Waals surface area contributed by atoms with Gasteiger partial charge in [0.05, 0.1) is 5.92 Å². The Kier molecular flexibility index (Phi) is 2.90. The lowest BCUT2D eigenvalue weighted by Gasteiger charge is -2.16. The van der Waals surface area contributed by atoms with Gasteiger partial charge in [-0.25, -0.2) is 8.78 Å². The molecule has 1 fully saturated rings. The highest BCUT2D eigenvalue weighted by Crippen LogP contribution is 2.39. The number of aliphatic carboxylic acids is 1. The number of hydrogen-bond donors (Lipinski definition) is 1. The Morgan fingerprint density at radius 1 is 1.25 bits per heavy atom. The Balaban J connectivity index is 2.29. The van der Waals surface area contributed by atoms with Crippen LogP contribution in [0, 0.1) is 17.6 Å². The van der Waals surface area contributed by atoms with Crippen molar-refractivity contribution in [3.05, 3.63) is 35.4 Å². The van der Waals surface area contributed by atoms with Crippen molar-refractivity contribution in [2.45, 2.75) is 25.2 Å². The summed E-state index contributed by atoms with van der Waals surface area (Å²) < 4.78 is 25.8. The minimum Gasteiger partial charge on any atom is -0.481 e. The first-order chi connectivity index (χ1) is 7.59. The molecule has 0 bridgehead atoms. The first kappa shape index (κ1) is 11.0. The number of carbonyl (C=O) groups is 1. The highest BCUT2D eigenvalue weighted by Gasteiger charge is 2.34. The van der Waals surface area contributed by atoms with Gasteiger partial charge in [0.2, 0.25) is 0 Å². The highest BCUT2D eigenvalue weighted by atomic mass is 19.2. The molecule has 2 nitrogen and oxygen atoms in total. The average Bonchev–Trinajstić information content (AvgIpc) is 2.71. The minimum atomic E-state index is -0.909. The monoisotopic (exact) mass is 226 g/mol. The van der Waals surface area contributed by atoms with E-state index in [1.165, 1.54) is 6.07 Å². The summed E-state index contributed by atoms with van der Waals surface area (Å²) in [4.78, 5) is 11.0. The first-order valence-electron chi connectivity index (χ1n) is 5.27. The van der Waals surface area contributed by atoms with Gasteiger partial charge in [-0.05, 0) is 36.5 Å². The summed E-state index contributed by atoms with van der Waals surface area (Å²) in [6.45, 7) is 0. The second-order valence-electron chi connectivity index (χ2n) is 4.16. The molecule has 0 radical (unpaired) electrons. The van der Waals surface area contributed by atoms with Gasteiger partial charge < -0.3 is 5.11 Å². The maximum Gasteiger partial charge on any atom is 0.307 e. The topological polar surface area (TPSA) is 37.3 Å². The van der Waals surface area contributed by atoms with Crippen LogP contribution in [0.5, 0.6) is 0 Å². The van der Waals surface area contributed by atoms with E-state index in [0.717, 1.165) is 25.0 Å². The lowest BCUT2D eigenvalue weighted by molar-refractivity contribution is -0.142. The fraction of sp³-hybridized carbons (Fsp3) is 0.417. The predicted molar refractivity (Wildman–Crippen MR) is 54.1 cm³/mol. The zero-order chi connectivity index (χ0) is 11.7. The number of rotatable bonds is 2. The second kappa shape index (κ2) is 4.20. The molecule has 16 heavy (non-hydrogen) atoms. The van der Waals surface area contributed by atoms with Crippen molar-refractivity contribution in [2.24, 2.45) is 5.92 Å². The summed E-state index contributed by atoms with van der Waals surface area (Å²) in [5.74, 6) is -3.31. The van der Waals surface area contributed by atoms with E-state index >= 15 is 0 Å².